The topological polar surface area (TPSA) is 30.2 Å². The Morgan fingerprint density at radius 2 is 2.21 bits per heavy atom. The highest BCUT2D eigenvalue weighted by molar-refractivity contribution is 7.99. The fourth-order valence-corrected chi connectivity index (χ4v) is 2.83. The number of rotatable bonds is 3. The van der Waals surface area contributed by atoms with Crippen molar-refractivity contribution in [2.24, 2.45) is 0 Å². The Morgan fingerprint density at radius 1 is 1.32 bits per heavy atom. The second kappa shape index (κ2) is 5.23. The average molecular weight is 290 g/mol. The zero-order valence-corrected chi connectivity index (χ0v) is 11.9. The molecule has 2 aromatic heterocycles. The van der Waals surface area contributed by atoms with E-state index in [1.807, 2.05) is 35.0 Å². The molecule has 0 spiro atoms. The van der Waals surface area contributed by atoms with Crippen LogP contribution < -0.4 is 0 Å². The van der Waals surface area contributed by atoms with Gasteiger partial charge in [0.05, 0.1) is 11.2 Å². The predicted octanol–water partition coefficient (Wildman–Crippen LogP) is 4.16. The molecule has 2 heterocycles. The molecule has 0 saturated carbocycles. The van der Waals surface area contributed by atoms with Gasteiger partial charge in [0.2, 0.25) is 0 Å². The van der Waals surface area contributed by atoms with Crippen LogP contribution in [0.2, 0.25) is 5.02 Å². The normalized spacial score (nSPS) is 11.1. The number of nitrogens with zero attached hydrogens (tertiary/aromatic N) is 3. The highest BCUT2D eigenvalue weighted by Gasteiger charge is 2.09. The fourth-order valence-electron chi connectivity index (χ4n) is 1.93. The molecule has 0 aliphatic rings. The van der Waals surface area contributed by atoms with Crippen LogP contribution >= 0.6 is 23.4 Å². The summed E-state index contributed by atoms with van der Waals surface area (Å²) in [5, 5.41) is 6.30. The number of fused-ring (bicyclic) bond motifs is 1. The first kappa shape index (κ1) is 12.5. The number of aromatic nitrogens is 3. The quantitative estimate of drug-likeness (QED) is 0.678. The van der Waals surface area contributed by atoms with Crippen molar-refractivity contribution < 1.29 is 0 Å². The molecule has 96 valence electrons. The minimum atomic E-state index is 0.718. The van der Waals surface area contributed by atoms with Gasteiger partial charge in [-0.3, -0.25) is 0 Å². The Kier molecular flexibility index (Phi) is 3.44. The smallest absolute Gasteiger partial charge is 0.122 e. The second-order valence-electron chi connectivity index (χ2n) is 4.04. The molecule has 0 saturated heterocycles. The van der Waals surface area contributed by atoms with E-state index in [0.717, 1.165) is 32.6 Å². The lowest BCUT2D eigenvalue weighted by molar-refractivity contribution is 0.921. The SMILES string of the molecule is CCSc1nccn2nc(-c3cccc(Cl)c3)cc12. The molecule has 0 amide bonds. The van der Waals surface area contributed by atoms with Crippen molar-refractivity contribution in [3.63, 3.8) is 0 Å². The molecule has 5 heteroatoms. The van der Waals surface area contributed by atoms with Gasteiger partial charge in [0.15, 0.2) is 0 Å². The zero-order chi connectivity index (χ0) is 13.2. The summed E-state index contributed by atoms with van der Waals surface area (Å²) in [5.41, 5.74) is 2.96. The summed E-state index contributed by atoms with van der Waals surface area (Å²) in [6.07, 6.45) is 3.64. The van der Waals surface area contributed by atoms with Crippen molar-refractivity contribution in [1.82, 2.24) is 14.6 Å². The Labute approximate surface area is 120 Å². The zero-order valence-electron chi connectivity index (χ0n) is 10.4. The molecular weight excluding hydrogens is 278 g/mol. The third-order valence-electron chi connectivity index (χ3n) is 2.76. The maximum Gasteiger partial charge on any atom is 0.122 e. The Hall–Kier alpha value is -1.52. The van der Waals surface area contributed by atoms with Gasteiger partial charge in [-0.05, 0) is 24.0 Å². The van der Waals surface area contributed by atoms with Crippen LogP contribution in [0, 0.1) is 0 Å². The van der Waals surface area contributed by atoms with Gasteiger partial charge in [-0.1, -0.05) is 30.7 Å². The lowest BCUT2D eigenvalue weighted by atomic mass is 10.1. The first-order valence-corrected chi connectivity index (χ1v) is 7.37. The maximum atomic E-state index is 6.02. The third kappa shape index (κ3) is 2.46. The van der Waals surface area contributed by atoms with Crippen LogP contribution in [0.15, 0.2) is 47.8 Å². The Bertz CT molecular complexity index is 724. The first-order valence-electron chi connectivity index (χ1n) is 6.01. The van der Waals surface area contributed by atoms with Gasteiger partial charge in [0, 0.05) is 23.0 Å². The molecular formula is C14H12ClN3S. The molecule has 0 N–H and O–H groups in total. The van der Waals surface area contributed by atoms with E-state index < -0.39 is 0 Å². The standard InChI is InChI=1S/C14H12ClN3S/c1-2-19-14-13-9-12(17-18(13)7-6-16-14)10-4-3-5-11(15)8-10/h3-9H,2H2,1H3. The van der Waals surface area contributed by atoms with E-state index in [1.165, 1.54) is 0 Å². The number of hydrogen-bond donors (Lipinski definition) is 0. The number of benzene rings is 1. The molecule has 0 radical (unpaired) electrons. The van der Waals surface area contributed by atoms with E-state index in [-0.39, 0.29) is 0 Å². The van der Waals surface area contributed by atoms with Crippen LogP contribution in [0.3, 0.4) is 0 Å². The molecule has 0 fully saturated rings. The number of halogens is 1. The molecule has 0 aliphatic heterocycles. The van der Waals surface area contributed by atoms with Crippen LogP contribution in [-0.4, -0.2) is 20.4 Å². The van der Waals surface area contributed by atoms with Gasteiger partial charge in [0.25, 0.3) is 0 Å². The van der Waals surface area contributed by atoms with Crippen molar-refractivity contribution in [2.75, 3.05) is 5.75 Å². The minimum absolute atomic E-state index is 0.718. The van der Waals surface area contributed by atoms with Gasteiger partial charge in [-0.2, -0.15) is 5.10 Å². The van der Waals surface area contributed by atoms with Gasteiger partial charge < -0.3 is 0 Å². The summed E-state index contributed by atoms with van der Waals surface area (Å²) in [6.45, 7) is 2.12. The van der Waals surface area contributed by atoms with Crippen molar-refractivity contribution in [1.29, 1.82) is 0 Å². The molecule has 1 aromatic carbocycles. The number of thioether (sulfide) groups is 1. The lowest BCUT2D eigenvalue weighted by Crippen LogP contribution is -1.90. The van der Waals surface area contributed by atoms with Crippen LogP contribution in [0.5, 0.6) is 0 Å². The molecule has 0 aliphatic carbocycles. The highest BCUT2D eigenvalue weighted by atomic mass is 35.5. The lowest BCUT2D eigenvalue weighted by Gasteiger charge is -1.98. The van der Waals surface area contributed by atoms with Crippen LogP contribution in [0.25, 0.3) is 16.8 Å². The van der Waals surface area contributed by atoms with Gasteiger partial charge >= 0.3 is 0 Å². The second-order valence-corrected chi connectivity index (χ2v) is 5.72. The van der Waals surface area contributed by atoms with Gasteiger partial charge in [-0.25, -0.2) is 9.50 Å². The number of hydrogen-bond acceptors (Lipinski definition) is 3. The molecule has 0 bridgehead atoms. The molecule has 3 nitrogen and oxygen atoms in total. The van der Waals surface area contributed by atoms with Crippen LogP contribution in [0.1, 0.15) is 6.92 Å². The maximum absolute atomic E-state index is 6.02. The van der Waals surface area contributed by atoms with Crippen molar-refractivity contribution in [3.8, 4) is 11.3 Å². The molecule has 3 aromatic rings. The minimum Gasteiger partial charge on any atom is -0.246 e. The van der Waals surface area contributed by atoms with Crippen LogP contribution in [0.4, 0.5) is 0 Å². The largest absolute Gasteiger partial charge is 0.246 e. The highest BCUT2D eigenvalue weighted by Crippen LogP contribution is 2.26. The summed E-state index contributed by atoms with van der Waals surface area (Å²) >= 11 is 7.74. The van der Waals surface area contributed by atoms with Crippen LogP contribution in [-0.2, 0) is 0 Å². The van der Waals surface area contributed by atoms with Gasteiger partial charge in [-0.15, -0.1) is 11.8 Å². The van der Waals surface area contributed by atoms with E-state index in [4.69, 9.17) is 11.6 Å². The fraction of sp³-hybridized carbons (Fsp3) is 0.143. The summed E-state index contributed by atoms with van der Waals surface area (Å²) in [6, 6.07) is 9.77. The third-order valence-corrected chi connectivity index (χ3v) is 3.87. The van der Waals surface area contributed by atoms with Crippen molar-refractivity contribution >= 4 is 28.9 Å². The summed E-state index contributed by atoms with van der Waals surface area (Å²) in [4.78, 5) is 4.40. The molecule has 0 unspecified atom stereocenters. The molecule has 3 rings (SSSR count). The first-order chi connectivity index (χ1) is 9.28. The van der Waals surface area contributed by atoms with E-state index in [9.17, 15) is 0 Å². The van der Waals surface area contributed by atoms with Crippen molar-refractivity contribution in [3.05, 3.63) is 47.7 Å². The van der Waals surface area contributed by atoms with Crippen molar-refractivity contribution in [2.45, 2.75) is 11.9 Å². The van der Waals surface area contributed by atoms with Gasteiger partial charge in [0.1, 0.15) is 5.03 Å². The average Bonchev–Trinajstić information content (AvgIpc) is 2.84. The van der Waals surface area contributed by atoms with E-state index in [0.29, 0.717) is 0 Å². The summed E-state index contributed by atoms with van der Waals surface area (Å²) < 4.78 is 1.86. The van der Waals surface area contributed by atoms with E-state index in [2.05, 4.69) is 23.1 Å². The summed E-state index contributed by atoms with van der Waals surface area (Å²) in [5.74, 6) is 0.990. The van der Waals surface area contributed by atoms with E-state index in [1.54, 1.807) is 18.0 Å². The summed E-state index contributed by atoms with van der Waals surface area (Å²) in [7, 11) is 0. The Morgan fingerprint density at radius 3 is 3.00 bits per heavy atom. The predicted molar refractivity (Wildman–Crippen MR) is 79.8 cm³/mol. The van der Waals surface area contributed by atoms with E-state index >= 15 is 0 Å². The Balaban J connectivity index is 2.14. The molecule has 0 atom stereocenters. The monoisotopic (exact) mass is 289 g/mol. The molecule has 19 heavy (non-hydrogen) atoms.